The van der Waals surface area contributed by atoms with Crippen molar-refractivity contribution in [3.63, 3.8) is 0 Å². The second kappa shape index (κ2) is 5.13. The molecular formula is C17H16N4. The van der Waals surface area contributed by atoms with Gasteiger partial charge in [0.15, 0.2) is 0 Å². The molecule has 1 aromatic carbocycles. The number of anilines is 1. The van der Waals surface area contributed by atoms with E-state index >= 15 is 0 Å². The van der Waals surface area contributed by atoms with Crippen molar-refractivity contribution in [3.8, 4) is 0 Å². The average Bonchev–Trinajstić information content (AvgIpc) is 3.04. The van der Waals surface area contributed by atoms with Crippen molar-refractivity contribution in [1.29, 1.82) is 0 Å². The molecule has 3 heterocycles. The summed E-state index contributed by atoms with van der Waals surface area (Å²) >= 11 is 0. The number of rotatable bonds is 2. The predicted octanol–water partition coefficient (Wildman–Crippen LogP) is 3.37. The van der Waals surface area contributed by atoms with E-state index in [1.165, 1.54) is 12.0 Å². The molecule has 4 heteroatoms. The van der Waals surface area contributed by atoms with E-state index in [0.717, 1.165) is 29.7 Å². The third-order valence-electron chi connectivity index (χ3n) is 4.12. The van der Waals surface area contributed by atoms with E-state index in [0.29, 0.717) is 6.04 Å². The number of hydrogen-bond acceptors (Lipinski definition) is 4. The molecule has 21 heavy (non-hydrogen) atoms. The first-order valence-electron chi connectivity index (χ1n) is 7.30. The lowest BCUT2D eigenvalue weighted by molar-refractivity contribution is 0.709. The molecule has 1 unspecified atom stereocenters. The van der Waals surface area contributed by atoms with Crippen molar-refractivity contribution in [2.45, 2.75) is 18.9 Å². The van der Waals surface area contributed by atoms with Gasteiger partial charge in [0.25, 0.3) is 0 Å². The highest BCUT2D eigenvalue weighted by atomic mass is 15.2. The van der Waals surface area contributed by atoms with Crippen LogP contribution in [0.1, 0.15) is 24.4 Å². The molecule has 2 aromatic heterocycles. The summed E-state index contributed by atoms with van der Waals surface area (Å²) in [6.45, 7) is 1.03. The normalized spacial score (nSPS) is 18.3. The SMILES string of the molecule is c1cncc(C2CCCN2c2ncnc3ccccc23)c1. The molecule has 1 fully saturated rings. The van der Waals surface area contributed by atoms with Gasteiger partial charge in [0.2, 0.25) is 0 Å². The Morgan fingerprint density at radius 3 is 2.90 bits per heavy atom. The zero-order chi connectivity index (χ0) is 14.1. The molecule has 0 radical (unpaired) electrons. The number of fused-ring (bicyclic) bond motifs is 1. The largest absolute Gasteiger partial charge is 0.349 e. The van der Waals surface area contributed by atoms with Gasteiger partial charge < -0.3 is 4.90 Å². The van der Waals surface area contributed by atoms with Crippen molar-refractivity contribution in [3.05, 3.63) is 60.7 Å². The van der Waals surface area contributed by atoms with E-state index in [4.69, 9.17) is 0 Å². The van der Waals surface area contributed by atoms with Gasteiger partial charge in [-0.3, -0.25) is 4.98 Å². The number of nitrogens with zero attached hydrogens (tertiary/aromatic N) is 4. The zero-order valence-corrected chi connectivity index (χ0v) is 11.7. The maximum Gasteiger partial charge on any atom is 0.140 e. The number of para-hydroxylation sites is 1. The fourth-order valence-corrected chi connectivity index (χ4v) is 3.16. The minimum atomic E-state index is 0.358. The van der Waals surface area contributed by atoms with Crippen LogP contribution in [-0.2, 0) is 0 Å². The highest BCUT2D eigenvalue weighted by Gasteiger charge is 2.28. The van der Waals surface area contributed by atoms with E-state index in [-0.39, 0.29) is 0 Å². The van der Waals surface area contributed by atoms with Crippen LogP contribution in [0.3, 0.4) is 0 Å². The Hall–Kier alpha value is -2.49. The Labute approximate surface area is 123 Å². The number of pyridine rings is 1. The van der Waals surface area contributed by atoms with Crippen LogP contribution in [0.25, 0.3) is 10.9 Å². The van der Waals surface area contributed by atoms with E-state index in [2.05, 4.69) is 32.0 Å². The van der Waals surface area contributed by atoms with Crippen molar-refractivity contribution in [2.75, 3.05) is 11.4 Å². The van der Waals surface area contributed by atoms with Crippen molar-refractivity contribution < 1.29 is 0 Å². The summed E-state index contributed by atoms with van der Waals surface area (Å²) < 4.78 is 0. The summed E-state index contributed by atoms with van der Waals surface area (Å²) in [5.74, 6) is 1.03. The van der Waals surface area contributed by atoms with Crippen LogP contribution in [0.15, 0.2) is 55.1 Å². The van der Waals surface area contributed by atoms with Crippen LogP contribution in [0.4, 0.5) is 5.82 Å². The van der Waals surface area contributed by atoms with E-state index in [9.17, 15) is 0 Å². The van der Waals surface area contributed by atoms with Crippen molar-refractivity contribution >= 4 is 16.7 Å². The van der Waals surface area contributed by atoms with Gasteiger partial charge in [-0.25, -0.2) is 9.97 Å². The first-order chi connectivity index (χ1) is 10.4. The first-order valence-corrected chi connectivity index (χ1v) is 7.30. The topological polar surface area (TPSA) is 41.9 Å². The molecule has 1 aliphatic heterocycles. The van der Waals surface area contributed by atoms with Gasteiger partial charge >= 0.3 is 0 Å². The van der Waals surface area contributed by atoms with E-state index in [1.54, 1.807) is 6.33 Å². The fourth-order valence-electron chi connectivity index (χ4n) is 3.16. The number of aromatic nitrogens is 3. The van der Waals surface area contributed by atoms with Gasteiger partial charge in [0, 0.05) is 24.3 Å². The van der Waals surface area contributed by atoms with Gasteiger partial charge in [0.05, 0.1) is 11.6 Å². The lowest BCUT2D eigenvalue weighted by atomic mass is 10.1. The molecule has 0 N–H and O–H groups in total. The minimum absolute atomic E-state index is 0.358. The smallest absolute Gasteiger partial charge is 0.140 e. The molecule has 1 atom stereocenters. The highest BCUT2D eigenvalue weighted by molar-refractivity contribution is 5.89. The first kappa shape index (κ1) is 12.3. The van der Waals surface area contributed by atoms with Gasteiger partial charge in [-0.15, -0.1) is 0 Å². The summed E-state index contributed by atoms with van der Waals surface area (Å²) in [6.07, 6.45) is 7.77. The monoisotopic (exact) mass is 276 g/mol. The summed E-state index contributed by atoms with van der Waals surface area (Å²) in [5.41, 5.74) is 2.26. The highest BCUT2D eigenvalue weighted by Crippen LogP contribution is 2.37. The average molecular weight is 276 g/mol. The molecule has 0 amide bonds. The van der Waals surface area contributed by atoms with Crippen molar-refractivity contribution in [2.24, 2.45) is 0 Å². The Balaban J connectivity index is 1.81. The molecule has 0 saturated carbocycles. The second-order valence-corrected chi connectivity index (χ2v) is 5.35. The van der Waals surface area contributed by atoms with Crippen LogP contribution in [0.2, 0.25) is 0 Å². The molecule has 4 rings (SSSR count). The standard InChI is InChI=1S/C17H16N4/c1-2-7-15-14(6-1)17(20-12-19-15)21-10-4-8-16(21)13-5-3-9-18-11-13/h1-3,5-7,9,11-12,16H,4,8,10H2. The lowest BCUT2D eigenvalue weighted by Crippen LogP contribution is -2.24. The molecule has 4 nitrogen and oxygen atoms in total. The molecule has 1 aliphatic rings. The lowest BCUT2D eigenvalue weighted by Gasteiger charge is -2.26. The number of hydrogen-bond donors (Lipinski definition) is 0. The maximum absolute atomic E-state index is 4.56. The summed E-state index contributed by atoms with van der Waals surface area (Å²) in [5, 5.41) is 1.12. The molecule has 0 aliphatic carbocycles. The molecule has 1 saturated heterocycles. The summed E-state index contributed by atoms with van der Waals surface area (Å²) in [7, 11) is 0. The van der Waals surface area contributed by atoms with Gasteiger partial charge in [-0.05, 0) is 36.6 Å². The van der Waals surface area contributed by atoms with Crippen LogP contribution in [0.5, 0.6) is 0 Å². The van der Waals surface area contributed by atoms with Gasteiger partial charge in [-0.2, -0.15) is 0 Å². The summed E-state index contributed by atoms with van der Waals surface area (Å²) in [4.78, 5) is 15.6. The van der Waals surface area contributed by atoms with Gasteiger partial charge in [-0.1, -0.05) is 18.2 Å². The number of benzene rings is 1. The summed E-state index contributed by atoms with van der Waals surface area (Å²) in [6, 6.07) is 12.7. The Morgan fingerprint density at radius 2 is 2.00 bits per heavy atom. The van der Waals surface area contributed by atoms with Crippen LogP contribution in [0, 0.1) is 0 Å². The molecule has 0 bridgehead atoms. The quantitative estimate of drug-likeness (QED) is 0.719. The van der Waals surface area contributed by atoms with E-state index in [1.807, 2.05) is 36.7 Å². The van der Waals surface area contributed by atoms with Crippen molar-refractivity contribution in [1.82, 2.24) is 15.0 Å². The molecule has 0 spiro atoms. The molecule has 104 valence electrons. The van der Waals surface area contributed by atoms with Gasteiger partial charge in [0.1, 0.15) is 12.1 Å². The minimum Gasteiger partial charge on any atom is -0.349 e. The van der Waals surface area contributed by atoms with E-state index < -0.39 is 0 Å². The Kier molecular flexibility index (Phi) is 2.99. The van der Waals surface area contributed by atoms with Crippen LogP contribution < -0.4 is 4.90 Å². The van der Waals surface area contributed by atoms with Crippen LogP contribution >= 0.6 is 0 Å². The maximum atomic E-state index is 4.56. The fraction of sp³-hybridized carbons (Fsp3) is 0.235. The zero-order valence-electron chi connectivity index (χ0n) is 11.7. The molecule has 3 aromatic rings. The van der Waals surface area contributed by atoms with Crippen LogP contribution in [-0.4, -0.2) is 21.5 Å². The predicted molar refractivity (Wildman–Crippen MR) is 83.1 cm³/mol. The third kappa shape index (κ3) is 2.13. The second-order valence-electron chi connectivity index (χ2n) is 5.35. The Bertz CT molecular complexity index is 752. The Morgan fingerprint density at radius 1 is 1.05 bits per heavy atom. The third-order valence-corrected chi connectivity index (χ3v) is 4.12. The molecular weight excluding hydrogens is 260 g/mol.